The fourth-order valence-electron chi connectivity index (χ4n) is 3.50. The summed E-state index contributed by atoms with van der Waals surface area (Å²) in [5, 5.41) is 5.93. The molecule has 1 fully saturated rings. The lowest BCUT2D eigenvalue weighted by molar-refractivity contribution is -0.123. The SMILES string of the molecule is COCCNC(=O)c1ccccc1N1CCC(NC(=O)COc2ccccc2)CC1. The van der Waals surface area contributed by atoms with Crippen LogP contribution in [0.2, 0.25) is 0 Å². The molecule has 0 spiro atoms. The van der Waals surface area contributed by atoms with Crippen LogP contribution in [0, 0.1) is 0 Å². The van der Waals surface area contributed by atoms with Crippen molar-refractivity contribution in [3.8, 4) is 5.75 Å². The Kier molecular flexibility index (Phi) is 8.09. The van der Waals surface area contributed by atoms with Gasteiger partial charge in [-0.3, -0.25) is 9.59 Å². The molecule has 2 amide bonds. The van der Waals surface area contributed by atoms with Crippen LogP contribution >= 0.6 is 0 Å². The second-order valence-corrected chi connectivity index (χ2v) is 7.20. The average Bonchev–Trinajstić information content (AvgIpc) is 2.79. The van der Waals surface area contributed by atoms with Crippen molar-refractivity contribution in [2.45, 2.75) is 18.9 Å². The van der Waals surface area contributed by atoms with Crippen molar-refractivity contribution in [2.24, 2.45) is 0 Å². The molecule has 1 aliphatic rings. The number of para-hydroxylation sites is 2. The Balaban J connectivity index is 1.48. The highest BCUT2D eigenvalue weighted by molar-refractivity contribution is 5.99. The smallest absolute Gasteiger partial charge is 0.258 e. The second kappa shape index (κ2) is 11.2. The summed E-state index contributed by atoms with van der Waals surface area (Å²) in [6.07, 6.45) is 1.63. The normalized spacial score (nSPS) is 14.2. The first-order valence-electron chi connectivity index (χ1n) is 10.3. The van der Waals surface area contributed by atoms with Gasteiger partial charge in [-0.15, -0.1) is 0 Å². The van der Waals surface area contributed by atoms with Gasteiger partial charge in [-0.05, 0) is 37.1 Å². The van der Waals surface area contributed by atoms with Crippen molar-refractivity contribution in [3.63, 3.8) is 0 Å². The van der Waals surface area contributed by atoms with E-state index in [1.165, 1.54) is 0 Å². The lowest BCUT2D eigenvalue weighted by atomic mass is 10.0. The molecule has 160 valence electrons. The quantitative estimate of drug-likeness (QED) is 0.619. The van der Waals surface area contributed by atoms with Gasteiger partial charge in [0.05, 0.1) is 12.2 Å². The minimum Gasteiger partial charge on any atom is -0.484 e. The number of amides is 2. The van der Waals surface area contributed by atoms with Crippen LogP contribution < -0.4 is 20.3 Å². The maximum Gasteiger partial charge on any atom is 0.258 e. The number of piperidine rings is 1. The third kappa shape index (κ3) is 6.22. The number of anilines is 1. The van der Waals surface area contributed by atoms with E-state index in [2.05, 4.69) is 15.5 Å². The van der Waals surface area contributed by atoms with E-state index in [1.54, 1.807) is 7.11 Å². The number of carbonyl (C=O) groups excluding carboxylic acids is 2. The van der Waals surface area contributed by atoms with E-state index in [9.17, 15) is 9.59 Å². The Morgan fingerprint density at radius 2 is 1.73 bits per heavy atom. The average molecular weight is 412 g/mol. The highest BCUT2D eigenvalue weighted by atomic mass is 16.5. The van der Waals surface area contributed by atoms with Gasteiger partial charge in [-0.2, -0.15) is 0 Å². The number of carbonyl (C=O) groups is 2. The van der Waals surface area contributed by atoms with Crippen LogP contribution in [0.1, 0.15) is 23.2 Å². The van der Waals surface area contributed by atoms with Crippen LogP contribution in [0.25, 0.3) is 0 Å². The Bertz CT molecular complexity index is 820. The summed E-state index contributed by atoms with van der Waals surface area (Å²) >= 11 is 0. The minimum absolute atomic E-state index is 0.00864. The number of hydrogen-bond donors (Lipinski definition) is 2. The molecule has 0 saturated carbocycles. The molecule has 7 heteroatoms. The number of rotatable bonds is 9. The third-order valence-corrected chi connectivity index (χ3v) is 5.05. The van der Waals surface area contributed by atoms with Gasteiger partial charge in [0.25, 0.3) is 11.8 Å². The van der Waals surface area contributed by atoms with Crippen molar-refractivity contribution < 1.29 is 19.1 Å². The maximum absolute atomic E-state index is 12.5. The molecular formula is C23H29N3O4. The zero-order valence-corrected chi connectivity index (χ0v) is 17.3. The standard InChI is InChI=1S/C23H29N3O4/c1-29-16-13-24-23(28)20-9-5-6-10-21(20)26-14-11-18(12-15-26)25-22(27)17-30-19-7-3-2-4-8-19/h2-10,18H,11-17H2,1H3,(H,24,28)(H,25,27). The maximum atomic E-state index is 12.5. The molecule has 0 atom stereocenters. The van der Waals surface area contributed by atoms with Gasteiger partial charge >= 0.3 is 0 Å². The van der Waals surface area contributed by atoms with Crippen LogP contribution in [-0.4, -0.2) is 57.8 Å². The Morgan fingerprint density at radius 1 is 1.03 bits per heavy atom. The molecule has 0 radical (unpaired) electrons. The number of benzene rings is 2. The zero-order valence-electron chi connectivity index (χ0n) is 17.3. The summed E-state index contributed by atoms with van der Waals surface area (Å²) in [6.45, 7) is 2.50. The summed E-state index contributed by atoms with van der Waals surface area (Å²) in [6, 6.07) is 17.0. The molecule has 2 aromatic rings. The first-order chi connectivity index (χ1) is 14.7. The summed E-state index contributed by atoms with van der Waals surface area (Å²) in [7, 11) is 1.61. The van der Waals surface area contributed by atoms with Gasteiger partial charge in [0.2, 0.25) is 0 Å². The molecular weight excluding hydrogens is 382 g/mol. The molecule has 0 aromatic heterocycles. The molecule has 1 heterocycles. The molecule has 1 saturated heterocycles. The molecule has 1 aliphatic heterocycles. The fraction of sp³-hybridized carbons (Fsp3) is 0.391. The molecule has 2 N–H and O–H groups in total. The fourth-order valence-corrected chi connectivity index (χ4v) is 3.50. The van der Waals surface area contributed by atoms with Crippen LogP contribution in [0.3, 0.4) is 0 Å². The largest absolute Gasteiger partial charge is 0.484 e. The Labute approximate surface area is 177 Å². The van der Waals surface area contributed by atoms with E-state index in [4.69, 9.17) is 9.47 Å². The van der Waals surface area contributed by atoms with Gasteiger partial charge < -0.3 is 25.0 Å². The minimum atomic E-state index is -0.116. The van der Waals surface area contributed by atoms with E-state index < -0.39 is 0 Å². The number of hydrogen-bond acceptors (Lipinski definition) is 5. The highest BCUT2D eigenvalue weighted by Gasteiger charge is 2.23. The van der Waals surface area contributed by atoms with E-state index >= 15 is 0 Å². The Morgan fingerprint density at radius 3 is 2.47 bits per heavy atom. The third-order valence-electron chi connectivity index (χ3n) is 5.05. The molecule has 30 heavy (non-hydrogen) atoms. The zero-order chi connectivity index (χ0) is 21.2. The Hall–Kier alpha value is -3.06. The van der Waals surface area contributed by atoms with Gasteiger partial charge in [0.15, 0.2) is 6.61 Å². The van der Waals surface area contributed by atoms with Gasteiger partial charge in [0, 0.05) is 38.5 Å². The summed E-state index contributed by atoms with van der Waals surface area (Å²) < 4.78 is 10.5. The van der Waals surface area contributed by atoms with E-state index in [0.29, 0.717) is 24.5 Å². The molecule has 0 aliphatic carbocycles. The highest BCUT2D eigenvalue weighted by Crippen LogP contribution is 2.24. The van der Waals surface area contributed by atoms with E-state index in [1.807, 2.05) is 54.6 Å². The van der Waals surface area contributed by atoms with Gasteiger partial charge in [0.1, 0.15) is 5.75 Å². The van der Waals surface area contributed by atoms with Crippen LogP contribution in [0.5, 0.6) is 5.75 Å². The van der Waals surface area contributed by atoms with Gasteiger partial charge in [-0.1, -0.05) is 30.3 Å². The number of methoxy groups -OCH3 is 1. The number of nitrogens with one attached hydrogen (secondary N) is 2. The number of ether oxygens (including phenoxy) is 2. The lowest BCUT2D eigenvalue weighted by Gasteiger charge is -2.34. The topological polar surface area (TPSA) is 79.9 Å². The predicted octanol–water partition coefficient (Wildman–Crippen LogP) is 2.23. The van der Waals surface area contributed by atoms with Crippen molar-refractivity contribution in [1.82, 2.24) is 10.6 Å². The molecule has 3 rings (SSSR count). The lowest BCUT2D eigenvalue weighted by Crippen LogP contribution is -2.46. The second-order valence-electron chi connectivity index (χ2n) is 7.20. The summed E-state index contributed by atoms with van der Waals surface area (Å²) in [5.41, 5.74) is 1.58. The monoisotopic (exact) mass is 411 g/mol. The molecule has 2 aromatic carbocycles. The first-order valence-corrected chi connectivity index (χ1v) is 10.3. The van der Waals surface area contributed by atoms with Crippen molar-refractivity contribution >= 4 is 17.5 Å². The van der Waals surface area contributed by atoms with Gasteiger partial charge in [-0.25, -0.2) is 0 Å². The molecule has 7 nitrogen and oxygen atoms in total. The predicted molar refractivity (Wildman–Crippen MR) is 116 cm³/mol. The van der Waals surface area contributed by atoms with Crippen molar-refractivity contribution in [1.29, 1.82) is 0 Å². The van der Waals surface area contributed by atoms with Crippen molar-refractivity contribution in [3.05, 3.63) is 60.2 Å². The summed E-state index contributed by atoms with van der Waals surface area (Å²) in [4.78, 5) is 26.9. The molecule has 0 bridgehead atoms. The van der Waals surface area contributed by atoms with Crippen LogP contribution in [-0.2, 0) is 9.53 Å². The van der Waals surface area contributed by atoms with Crippen LogP contribution in [0.4, 0.5) is 5.69 Å². The summed E-state index contributed by atoms with van der Waals surface area (Å²) in [5.74, 6) is 0.467. The van der Waals surface area contributed by atoms with Crippen molar-refractivity contribution in [2.75, 3.05) is 44.9 Å². The number of nitrogens with zero attached hydrogens (tertiary/aromatic N) is 1. The first kappa shape index (κ1) is 21.6. The van der Waals surface area contributed by atoms with E-state index in [0.717, 1.165) is 31.6 Å². The molecule has 0 unspecified atom stereocenters. The van der Waals surface area contributed by atoms with E-state index in [-0.39, 0.29) is 24.5 Å². The van der Waals surface area contributed by atoms with Crippen LogP contribution in [0.15, 0.2) is 54.6 Å².